The van der Waals surface area contributed by atoms with Crippen molar-refractivity contribution in [1.82, 2.24) is 14.5 Å². The molecule has 1 saturated carbocycles. The molecule has 4 unspecified atom stereocenters. The van der Waals surface area contributed by atoms with Gasteiger partial charge in [0.25, 0.3) is 0 Å². The Bertz CT molecular complexity index is 1830. The highest BCUT2D eigenvalue weighted by molar-refractivity contribution is 6.08. The summed E-state index contributed by atoms with van der Waals surface area (Å²) in [5, 5.41) is 23.6. The second-order valence-electron chi connectivity index (χ2n) is 14.6. The molecule has 0 spiro atoms. The highest BCUT2D eigenvalue weighted by Gasteiger charge is 2.57. The van der Waals surface area contributed by atoms with Crippen molar-refractivity contribution in [2.75, 3.05) is 19.6 Å². The van der Waals surface area contributed by atoms with Gasteiger partial charge in [0.15, 0.2) is 5.76 Å². The first kappa shape index (κ1) is 31.9. The predicted octanol–water partition coefficient (Wildman–Crippen LogP) is 6.53. The Balaban J connectivity index is 1.19. The van der Waals surface area contributed by atoms with Gasteiger partial charge >= 0.3 is 5.69 Å². The Morgan fingerprint density at radius 1 is 1.04 bits per heavy atom. The summed E-state index contributed by atoms with van der Waals surface area (Å²) in [6, 6.07) is 17.5. The molecule has 8 rings (SSSR count). The molecule has 3 heterocycles. The van der Waals surface area contributed by atoms with Crippen molar-refractivity contribution >= 4 is 16.8 Å². The van der Waals surface area contributed by atoms with Gasteiger partial charge in [-0.3, -0.25) is 9.36 Å². The molecule has 3 aliphatic carbocycles. The van der Waals surface area contributed by atoms with Gasteiger partial charge in [0.1, 0.15) is 0 Å². The molecule has 4 atom stereocenters. The molecule has 2 bridgehead atoms. The second-order valence-corrected chi connectivity index (χ2v) is 14.6. The maximum atomic E-state index is 13.9. The van der Waals surface area contributed by atoms with Crippen LogP contribution in [0.4, 0.5) is 0 Å². The molecule has 4 aromatic rings. The number of hydrogen-bond acceptors (Lipinski definition) is 6. The van der Waals surface area contributed by atoms with Crippen molar-refractivity contribution in [2.24, 2.45) is 5.41 Å². The van der Waals surface area contributed by atoms with Gasteiger partial charge in [0.2, 0.25) is 5.78 Å². The first-order chi connectivity index (χ1) is 22.6. The fraction of sp³-hybridized carbons (Fsp3) is 0.487. The lowest BCUT2D eigenvalue weighted by Gasteiger charge is -2.47. The smallest absolute Gasteiger partial charge is 0.326 e. The number of benzene rings is 2. The summed E-state index contributed by atoms with van der Waals surface area (Å²) in [6.07, 6.45) is 9.99. The van der Waals surface area contributed by atoms with Crippen LogP contribution in [0.15, 0.2) is 81.7 Å². The molecule has 8 nitrogen and oxygen atoms in total. The molecule has 1 aliphatic heterocycles. The summed E-state index contributed by atoms with van der Waals surface area (Å²) in [7, 11) is 0. The van der Waals surface area contributed by atoms with Crippen LogP contribution in [0.1, 0.15) is 104 Å². The number of imidazole rings is 1. The SMILES string of the molecule is CC1=CCCC2(C)C(CCC2(O)CN2CCC(n3c(=O)[nH]c4ccccc43)CC2)c2ccc(cc2C(=O)c2ccco2)CC(O)CC1. The molecule has 3 N–H and O–H groups in total. The van der Waals surface area contributed by atoms with Crippen molar-refractivity contribution in [3.05, 3.63) is 105 Å². The van der Waals surface area contributed by atoms with Crippen molar-refractivity contribution in [3.63, 3.8) is 0 Å². The summed E-state index contributed by atoms with van der Waals surface area (Å²) >= 11 is 0. The summed E-state index contributed by atoms with van der Waals surface area (Å²) < 4.78 is 7.49. The van der Waals surface area contributed by atoms with Gasteiger partial charge < -0.3 is 24.5 Å². The minimum Gasteiger partial charge on any atom is -0.461 e. The van der Waals surface area contributed by atoms with E-state index in [4.69, 9.17) is 4.42 Å². The number of ketones is 1. The Morgan fingerprint density at radius 2 is 1.85 bits per heavy atom. The van der Waals surface area contributed by atoms with Crippen LogP contribution in [0, 0.1) is 5.41 Å². The molecule has 248 valence electrons. The van der Waals surface area contributed by atoms with Crippen LogP contribution in [-0.4, -0.2) is 61.8 Å². The number of likely N-dealkylation sites (tertiary alicyclic amines) is 1. The summed E-state index contributed by atoms with van der Waals surface area (Å²) in [5.74, 6) is 0.117. The molecule has 1 saturated heterocycles. The average Bonchev–Trinajstić information content (AvgIpc) is 3.77. The minimum absolute atomic E-state index is 0.0284. The largest absolute Gasteiger partial charge is 0.461 e. The van der Waals surface area contributed by atoms with E-state index in [-0.39, 0.29) is 23.4 Å². The van der Waals surface area contributed by atoms with E-state index in [2.05, 4.69) is 41.9 Å². The molecule has 4 aliphatic rings. The van der Waals surface area contributed by atoms with Gasteiger partial charge in [0.05, 0.1) is 29.0 Å². The van der Waals surface area contributed by atoms with Gasteiger partial charge in [-0.2, -0.15) is 0 Å². The van der Waals surface area contributed by atoms with Crippen LogP contribution in [-0.2, 0) is 6.42 Å². The standard InChI is InChI=1S/C39H47N3O5/c1-26-7-5-18-38(2)32(30-14-12-27(23-29(43)13-11-26)24-31(30)36(44)35-10-6-22-47-35)15-19-39(38,46)25-41-20-16-28(17-21-41)42-34-9-4-3-8-33(34)40-37(42)45/h3-4,6-10,12,14,22,24,28-29,32,43,46H,5,11,13,15-21,23,25H2,1-2H3,(H,40,45). The second kappa shape index (κ2) is 12.7. The number of aromatic nitrogens is 2. The number of para-hydroxylation sites is 2. The lowest BCUT2D eigenvalue weighted by molar-refractivity contribution is -0.0870. The Kier molecular flexibility index (Phi) is 8.62. The molecular weight excluding hydrogens is 590 g/mol. The lowest BCUT2D eigenvalue weighted by Crippen LogP contribution is -2.54. The van der Waals surface area contributed by atoms with E-state index in [1.807, 2.05) is 34.9 Å². The number of β-amino-alcohol motifs (C(OH)–C–C–N with tert-alkyl or cyclic N) is 1. The molecule has 2 fully saturated rings. The van der Waals surface area contributed by atoms with Crippen LogP contribution >= 0.6 is 0 Å². The molecule has 0 amide bonds. The normalized spacial score (nSPS) is 27.9. The van der Waals surface area contributed by atoms with E-state index in [1.54, 1.807) is 12.1 Å². The highest BCUT2D eigenvalue weighted by atomic mass is 16.3. The number of fused-ring (bicyclic) bond motifs is 9. The number of aliphatic hydroxyl groups excluding tert-OH is 1. The zero-order chi connectivity index (χ0) is 32.8. The maximum Gasteiger partial charge on any atom is 0.326 e. The third-order valence-corrected chi connectivity index (χ3v) is 11.7. The number of aliphatic hydroxyl groups is 2. The number of nitrogens with zero attached hydrogens (tertiary/aromatic N) is 2. The van der Waals surface area contributed by atoms with Crippen molar-refractivity contribution in [2.45, 2.75) is 95.3 Å². The van der Waals surface area contributed by atoms with Crippen LogP contribution in [0.3, 0.4) is 0 Å². The van der Waals surface area contributed by atoms with Crippen molar-refractivity contribution < 1.29 is 19.4 Å². The van der Waals surface area contributed by atoms with Crippen molar-refractivity contribution in [1.29, 1.82) is 0 Å². The number of furan rings is 1. The molecule has 0 radical (unpaired) electrons. The number of nitrogens with one attached hydrogen (secondary N) is 1. The first-order valence-electron chi connectivity index (χ1n) is 17.3. The van der Waals surface area contributed by atoms with Gasteiger partial charge in [-0.05, 0) is 112 Å². The fourth-order valence-corrected chi connectivity index (χ4v) is 8.88. The molecule has 2 aromatic carbocycles. The van der Waals surface area contributed by atoms with E-state index in [9.17, 15) is 19.8 Å². The first-order valence-corrected chi connectivity index (χ1v) is 17.3. The summed E-state index contributed by atoms with van der Waals surface area (Å²) in [6.45, 7) is 6.53. The Morgan fingerprint density at radius 3 is 2.64 bits per heavy atom. The van der Waals surface area contributed by atoms with E-state index in [1.165, 1.54) is 11.8 Å². The van der Waals surface area contributed by atoms with Gasteiger partial charge in [-0.25, -0.2) is 4.79 Å². The number of carbonyl (C=O) groups is 1. The Hall–Kier alpha value is -3.72. The minimum atomic E-state index is -0.958. The zero-order valence-electron chi connectivity index (χ0n) is 27.6. The van der Waals surface area contributed by atoms with Gasteiger partial charge in [0, 0.05) is 36.7 Å². The molecule has 8 heteroatoms. The third-order valence-electron chi connectivity index (χ3n) is 11.7. The van der Waals surface area contributed by atoms with E-state index in [0.717, 1.165) is 73.8 Å². The molecule has 47 heavy (non-hydrogen) atoms. The topological polar surface area (TPSA) is 112 Å². The van der Waals surface area contributed by atoms with Crippen LogP contribution in [0.25, 0.3) is 11.0 Å². The van der Waals surface area contributed by atoms with Gasteiger partial charge in [-0.15, -0.1) is 0 Å². The molecule has 2 aromatic heterocycles. The third kappa shape index (κ3) is 5.96. The molecular formula is C39H47N3O5. The summed E-state index contributed by atoms with van der Waals surface area (Å²) in [4.78, 5) is 32.2. The monoisotopic (exact) mass is 637 g/mol. The highest BCUT2D eigenvalue weighted by Crippen LogP contribution is 2.59. The van der Waals surface area contributed by atoms with Crippen molar-refractivity contribution in [3.8, 4) is 0 Å². The van der Waals surface area contributed by atoms with Crippen LogP contribution < -0.4 is 5.69 Å². The lowest BCUT2D eigenvalue weighted by atomic mass is 9.64. The number of rotatable bonds is 5. The van der Waals surface area contributed by atoms with E-state index >= 15 is 0 Å². The predicted molar refractivity (Wildman–Crippen MR) is 183 cm³/mol. The van der Waals surface area contributed by atoms with E-state index < -0.39 is 17.1 Å². The zero-order valence-corrected chi connectivity index (χ0v) is 27.6. The average molecular weight is 638 g/mol. The number of aromatic amines is 1. The summed E-state index contributed by atoms with van der Waals surface area (Å²) in [5.41, 5.74) is 4.08. The van der Waals surface area contributed by atoms with Crippen LogP contribution in [0.5, 0.6) is 0 Å². The number of piperidine rings is 1. The van der Waals surface area contributed by atoms with Gasteiger partial charge in [-0.1, -0.05) is 42.8 Å². The quantitative estimate of drug-likeness (QED) is 0.170. The Labute approximate surface area is 276 Å². The number of carbonyl (C=O) groups excluding carboxylic acids is 1. The van der Waals surface area contributed by atoms with Crippen LogP contribution in [0.2, 0.25) is 0 Å². The fourth-order valence-electron chi connectivity index (χ4n) is 8.88. The number of allylic oxidation sites excluding steroid dienone is 2. The number of H-pyrrole nitrogens is 1. The van der Waals surface area contributed by atoms with E-state index in [0.29, 0.717) is 37.1 Å². The maximum absolute atomic E-state index is 13.9. The number of hydrogen-bond donors (Lipinski definition) is 3.